The Kier molecular flexibility index (Phi) is 4.42. The topological polar surface area (TPSA) is 64.1 Å². The van der Waals surface area contributed by atoms with Crippen molar-refractivity contribution in [3.8, 4) is 5.69 Å². The molecule has 0 saturated carbocycles. The molecule has 0 atom stereocenters. The second-order valence-electron chi connectivity index (χ2n) is 4.28. The van der Waals surface area contributed by atoms with Gasteiger partial charge in [0, 0.05) is 12.7 Å². The Balaban J connectivity index is 2.77. The summed E-state index contributed by atoms with van der Waals surface area (Å²) in [7, 11) is 1.56. The van der Waals surface area contributed by atoms with Gasteiger partial charge in [0.05, 0.1) is 17.9 Å². The Hall–Kier alpha value is -1.85. The molecule has 0 aliphatic rings. The van der Waals surface area contributed by atoms with Crippen molar-refractivity contribution in [2.45, 2.75) is 20.0 Å². The van der Waals surface area contributed by atoms with Crippen LogP contribution in [0.4, 0.5) is 0 Å². The van der Waals surface area contributed by atoms with E-state index in [-0.39, 0.29) is 5.15 Å². The fraction of sp³-hybridized carbons (Fsp3) is 0.286. The predicted molar refractivity (Wildman–Crippen MR) is 77.8 cm³/mol. The van der Waals surface area contributed by atoms with Gasteiger partial charge in [0.15, 0.2) is 0 Å². The third-order valence-corrected chi connectivity index (χ3v) is 3.35. The molecule has 1 N–H and O–H groups in total. The molecular formula is C14H15ClN2O3. The number of nitrogens with zero attached hydrogens (tertiary/aromatic N) is 1. The first-order valence-corrected chi connectivity index (χ1v) is 6.58. The summed E-state index contributed by atoms with van der Waals surface area (Å²) >= 11 is 5.90. The molecule has 0 saturated heterocycles. The summed E-state index contributed by atoms with van der Waals surface area (Å²) in [5.41, 5.74) is 0.697. The Labute approximate surface area is 120 Å². The number of aromatic amines is 1. The van der Waals surface area contributed by atoms with Gasteiger partial charge in [-0.05, 0) is 12.5 Å². The van der Waals surface area contributed by atoms with Crippen molar-refractivity contribution < 1.29 is 4.74 Å². The molecule has 2 aromatic rings. The molecule has 0 aliphatic carbocycles. The first kappa shape index (κ1) is 14.6. The highest BCUT2D eigenvalue weighted by Gasteiger charge is 2.14. The molecule has 20 heavy (non-hydrogen) atoms. The van der Waals surface area contributed by atoms with E-state index >= 15 is 0 Å². The zero-order valence-electron chi connectivity index (χ0n) is 11.3. The number of halogens is 1. The van der Waals surface area contributed by atoms with E-state index in [2.05, 4.69) is 4.98 Å². The number of benzene rings is 1. The normalized spacial score (nSPS) is 10.8. The number of methoxy groups -OCH3 is 1. The second-order valence-corrected chi connectivity index (χ2v) is 4.66. The molecule has 1 heterocycles. The summed E-state index contributed by atoms with van der Waals surface area (Å²) in [6.45, 7) is 2.12. The second kappa shape index (κ2) is 6.07. The number of H-pyrrole nitrogens is 1. The number of ether oxygens (including phenoxy) is 1. The monoisotopic (exact) mass is 294 g/mol. The van der Waals surface area contributed by atoms with E-state index in [0.29, 0.717) is 24.3 Å². The van der Waals surface area contributed by atoms with Crippen molar-refractivity contribution in [1.29, 1.82) is 0 Å². The minimum absolute atomic E-state index is 0.1000. The van der Waals surface area contributed by atoms with E-state index in [0.717, 1.165) is 10.1 Å². The summed E-state index contributed by atoms with van der Waals surface area (Å²) in [4.78, 5) is 27.0. The highest BCUT2D eigenvalue weighted by atomic mass is 35.5. The molecule has 2 rings (SSSR count). The van der Waals surface area contributed by atoms with E-state index in [1.165, 1.54) is 0 Å². The summed E-state index contributed by atoms with van der Waals surface area (Å²) < 4.78 is 6.19. The quantitative estimate of drug-likeness (QED) is 0.876. The minimum atomic E-state index is -0.555. The first-order valence-electron chi connectivity index (χ1n) is 6.21. The maximum Gasteiger partial charge on any atom is 0.334 e. The summed E-state index contributed by atoms with van der Waals surface area (Å²) in [5, 5.41) is 0.1000. The van der Waals surface area contributed by atoms with Crippen LogP contribution < -0.4 is 11.2 Å². The molecule has 5 nitrogen and oxygen atoms in total. The smallest absolute Gasteiger partial charge is 0.334 e. The van der Waals surface area contributed by atoms with E-state index in [4.69, 9.17) is 16.3 Å². The molecule has 0 spiro atoms. The van der Waals surface area contributed by atoms with Gasteiger partial charge >= 0.3 is 5.69 Å². The minimum Gasteiger partial charge on any atom is -0.380 e. The maximum absolute atomic E-state index is 12.4. The third kappa shape index (κ3) is 2.55. The van der Waals surface area contributed by atoms with Gasteiger partial charge in [0.25, 0.3) is 5.56 Å². The van der Waals surface area contributed by atoms with Gasteiger partial charge < -0.3 is 4.74 Å². The fourth-order valence-corrected chi connectivity index (χ4v) is 2.37. The summed E-state index contributed by atoms with van der Waals surface area (Å²) in [5.74, 6) is 0. The van der Waals surface area contributed by atoms with E-state index in [1.54, 1.807) is 19.2 Å². The Morgan fingerprint density at radius 2 is 2.00 bits per heavy atom. The lowest BCUT2D eigenvalue weighted by Gasteiger charge is -2.12. The molecule has 0 aliphatic heterocycles. The third-order valence-electron chi connectivity index (χ3n) is 3.03. The van der Waals surface area contributed by atoms with Crippen molar-refractivity contribution in [1.82, 2.24) is 9.55 Å². The van der Waals surface area contributed by atoms with Crippen molar-refractivity contribution in [3.05, 3.63) is 61.4 Å². The number of hydrogen-bond acceptors (Lipinski definition) is 3. The Bertz CT molecular complexity index is 734. The van der Waals surface area contributed by atoms with Crippen LogP contribution in [0.3, 0.4) is 0 Å². The van der Waals surface area contributed by atoms with Gasteiger partial charge in [-0.25, -0.2) is 9.36 Å². The summed E-state index contributed by atoms with van der Waals surface area (Å²) in [6.07, 6.45) is 0.445. The van der Waals surface area contributed by atoms with Gasteiger partial charge in [0.1, 0.15) is 5.15 Å². The fourth-order valence-electron chi connectivity index (χ4n) is 2.08. The van der Waals surface area contributed by atoms with E-state index in [9.17, 15) is 9.59 Å². The van der Waals surface area contributed by atoms with Gasteiger partial charge in [-0.3, -0.25) is 9.78 Å². The van der Waals surface area contributed by atoms with Crippen molar-refractivity contribution >= 4 is 11.6 Å². The van der Waals surface area contributed by atoms with Gasteiger partial charge in [-0.1, -0.05) is 36.7 Å². The van der Waals surface area contributed by atoms with Crippen LogP contribution in [0.2, 0.25) is 5.15 Å². The van der Waals surface area contributed by atoms with Crippen LogP contribution in [0.1, 0.15) is 18.1 Å². The van der Waals surface area contributed by atoms with Crippen molar-refractivity contribution in [2.75, 3.05) is 7.11 Å². The SMILES string of the molecule is CCc1c(Cl)[nH]c(=O)n(-c2ccccc2COC)c1=O. The molecule has 0 radical (unpaired) electrons. The average molecular weight is 295 g/mol. The highest BCUT2D eigenvalue weighted by molar-refractivity contribution is 6.30. The van der Waals surface area contributed by atoms with E-state index in [1.807, 2.05) is 19.1 Å². The average Bonchev–Trinajstić information content (AvgIpc) is 2.41. The lowest BCUT2D eigenvalue weighted by molar-refractivity contribution is 0.184. The van der Waals surface area contributed by atoms with Crippen molar-refractivity contribution in [2.24, 2.45) is 0 Å². The van der Waals surface area contributed by atoms with Crippen LogP contribution in [0.25, 0.3) is 5.69 Å². The van der Waals surface area contributed by atoms with Crippen molar-refractivity contribution in [3.63, 3.8) is 0 Å². The zero-order chi connectivity index (χ0) is 14.7. The Morgan fingerprint density at radius 1 is 1.30 bits per heavy atom. The summed E-state index contributed by atoms with van der Waals surface area (Å²) in [6, 6.07) is 7.11. The Morgan fingerprint density at radius 3 is 2.65 bits per heavy atom. The molecule has 1 aromatic carbocycles. The number of rotatable bonds is 4. The lowest BCUT2D eigenvalue weighted by atomic mass is 10.1. The van der Waals surface area contributed by atoms with Crippen LogP contribution in [-0.2, 0) is 17.8 Å². The van der Waals surface area contributed by atoms with Crippen LogP contribution in [-0.4, -0.2) is 16.7 Å². The molecule has 6 heteroatoms. The first-order chi connectivity index (χ1) is 9.60. The maximum atomic E-state index is 12.4. The molecule has 0 amide bonds. The van der Waals surface area contributed by atoms with Gasteiger partial charge in [-0.2, -0.15) is 0 Å². The van der Waals surface area contributed by atoms with Gasteiger partial charge in [0.2, 0.25) is 0 Å². The predicted octanol–water partition coefficient (Wildman–Crippen LogP) is 1.89. The van der Waals surface area contributed by atoms with Crippen LogP contribution in [0.5, 0.6) is 0 Å². The lowest BCUT2D eigenvalue weighted by Crippen LogP contribution is -2.36. The number of aromatic nitrogens is 2. The van der Waals surface area contributed by atoms with Crippen LogP contribution >= 0.6 is 11.6 Å². The largest absolute Gasteiger partial charge is 0.380 e. The van der Waals surface area contributed by atoms with Crippen LogP contribution in [0.15, 0.2) is 33.9 Å². The molecule has 0 unspecified atom stereocenters. The number of nitrogens with one attached hydrogen (secondary N) is 1. The number of hydrogen-bond donors (Lipinski definition) is 1. The molecular weight excluding hydrogens is 280 g/mol. The molecule has 0 bridgehead atoms. The zero-order valence-corrected chi connectivity index (χ0v) is 12.0. The molecule has 106 valence electrons. The van der Waals surface area contributed by atoms with E-state index < -0.39 is 11.2 Å². The molecule has 0 fully saturated rings. The van der Waals surface area contributed by atoms with Crippen LogP contribution in [0, 0.1) is 0 Å². The molecule has 1 aromatic heterocycles. The standard InChI is InChI=1S/C14H15ClN2O3/c1-3-10-12(15)16-14(19)17(13(10)18)11-7-5-4-6-9(11)8-20-2/h4-7H,3,8H2,1-2H3,(H,16,19). The van der Waals surface area contributed by atoms with Gasteiger partial charge in [-0.15, -0.1) is 0 Å². The number of para-hydroxylation sites is 1. The highest BCUT2D eigenvalue weighted by Crippen LogP contribution is 2.14.